The van der Waals surface area contributed by atoms with Crippen LogP contribution < -0.4 is 0 Å². The van der Waals surface area contributed by atoms with Crippen LogP contribution in [0.3, 0.4) is 0 Å². The third-order valence-electron chi connectivity index (χ3n) is 4.62. The fourth-order valence-electron chi connectivity index (χ4n) is 3.39. The van der Waals surface area contributed by atoms with Crippen LogP contribution >= 0.6 is 11.3 Å². The molecule has 1 aliphatic rings. The van der Waals surface area contributed by atoms with E-state index in [1.807, 2.05) is 48.7 Å². The van der Waals surface area contributed by atoms with E-state index in [-0.39, 0.29) is 5.78 Å². The molecule has 3 heterocycles. The molecule has 0 saturated carbocycles. The number of aromatic nitrogens is 2. The summed E-state index contributed by atoms with van der Waals surface area (Å²) in [5.41, 5.74) is 4.42. The number of ketones is 1. The van der Waals surface area contributed by atoms with Crippen molar-refractivity contribution in [3.8, 4) is 11.1 Å². The van der Waals surface area contributed by atoms with Crippen molar-refractivity contribution in [3.63, 3.8) is 0 Å². The topological polar surface area (TPSA) is 42.9 Å². The number of pyridine rings is 2. The number of rotatable bonds is 0. The predicted octanol–water partition coefficient (Wildman–Crippen LogP) is 5.74. The molecule has 0 bridgehead atoms. The Morgan fingerprint density at radius 1 is 0.630 bits per heavy atom. The second kappa shape index (κ2) is 6.41. The maximum absolute atomic E-state index is 11.8. The van der Waals surface area contributed by atoms with Crippen LogP contribution in [0.1, 0.15) is 16.1 Å². The van der Waals surface area contributed by atoms with Crippen molar-refractivity contribution in [2.45, 2.75) is 0 Å². The summed E-state index contributed by atoms with van der Waals surface area (Å²) in [5, 5.41) is 1.27. The molecular weight excluding hydrogens is 352 g/mol. The van der Waals surface area contributed by atoms with Crippen molar-refractivity contribution in [2.75, 3.05) is 0 Å². The zero-order chi connectivity index (χ0) is 18.2. The molecule has 128 valence electrons. The van der Waals surface area contributed by atoms with Gasteiger partial charge >= 0.3 is 0 Å². The van der Waals surface area contributed by atoms with Crippen molar-refractivity contribution in [2.24, 2.45) is 0 Å². The molecule has 3 aromatic heterocycles. The fourth-order valence-corrected chi connectivity index (χ4v) is 4.46. The van der Waals surface area contributed by atoms with Crippen LogP contribution in [-0.2, 0) is 0 Å². The largest absolute Gasteiger partial charge is 0.287 e. The van der Waals surface area contributed by atoms with Crippen LogP contribution in [0.25, 0.3) is 31.4 Å². The van der Waals surface area contributed by atoms with Gasteiger partial charge in [-0.2, -0.15) is 0 Å². The zero-order valence-corrected chi connectivity index (χ0v) is 15.1. The van der Waals surface area contributed by atoms with E-state index in [1.165, 1.54) is 14.8 Å². The minimum Gasteiger partial charge on any atom is -0.287 e. The minimum absolute atomic E-state index is 0.0381. The molecule has 1 aliphatic carbocycles. The van der Waals surface area contributed by atoms with Crippen LogP contribution in [0.2, 0.25) is 0 Å². The molecule has 0 fully saturated rings. The number of nitrogens with zero attached hydrogens (tertiary/aromatic N) is 2. The van der Waals surface area contributed by atoms with Crippen molar-refractivity contribution < 1.29 is 4.79 Å². The Balaban J connectivity index is 0.000000119. The second-order valence-corrected chi connectivity index (χ2v) is 7.31. The van der Waals surface area contributed by atoms with Crippen molar-refractivity contribution in [1.29, 1.82) is 0 Å². The Bertz CT molecular complexity index is 1210. The van der Waals surface area contributed by atoms with E-state index in [4.69, 9.17) is 0 Å². The molecular formula is C23H14N2OS. The lowest BCUT2D eigenvalue weighted by molar-refractivity contribution is 0.103. The highest BCUT2D eigenvalue weighted by Gasteiger charge is 2.26. The first-order valence-electron chi connectivity index (χ1n) is 8.64. The van der Waals surface area contributed by atoms with Crippen LogP contribution in [-0.4, -0.2) is 15.8 Å². The molecule has 2 aromatic carbocycles. The summed E-state index contributed by atoms with van der Waals surface area (Å²) in [7, 11) is 0. The van der Waals surface area contributed by atoms with Gasteiger partial charge in [-0.05, 0) is 29.8 Å². The predicted molar refractivity (Wildman–Crippen MR) is 110 cm³/mol. The summed E-state index contributed by atoms with van der Waals surface area (Å²) < 4.78 is 2.58. The van der Waals surface area contributed by atoms with E-state index in [0.717, 1.165) is 22.2 Å². The number of hydrogen-bond donors (Lipinski definition) is 0. The standard InChI is InChI=1S/C12H7NO.C11H7NS/c14-12-10-5-2-1-4-8(10)9-6-3-7-13-11(9)12;1-2-5-9-8(4-1)11-10(13-9)6-3-7-12-11/h1-7H;1-7H. The van der Waals surface area contributed by atoms with E-state index in [0.29, 0.717) is 5.69 Å². The maximum atomic E-state index is 11.8. The molecule has 0 spiro atoms. The molecule has 0 atom stereocenters. The SMILES string of the molecule is O=C1c2ccccc2-c2cccnc21.c1ccc2c(c1)sc1cccnc12. The van der Waals surface area contributed by atoms with Gasteiger partial charge in [0.1, 0.15) is 5.69 Å². The van der Waals surface area contributed by atoms with Gasteiger partial charge in [0.15, 0.2) is 0 Å². The minimum atomic E-state index is 0.0381. The first-order chi connectivity index (χ1) is 13.3. The maximum Gasteiger partial charge on any atom is 0.212 e. The van der Waals surface area contributed by atoms with Gasteiger partial charge < -0.3 is 0 Å². The first kappa shape index (κ1) is 15.9. The quantitative estimate of drug-likeness (QED) is 0.344. The summed E-state index contributed by atoms with van der Waals surface area (Å²) in [6, 6.07) is 23.9. The van der Waals surface area contributed by atoms with Crippen molar-refractivity contribution >= 4 is 37.4 Å². The van der Waals surface area contributed by atoms with Crippen molar-refractivity contribution in [3.05, 3.63) is 96.4 Å². The number of benzene rings is 2. The molecule has 0 saturated heterocycles. The first-order valence-corrected chi connectivity index (χ1v) is 9.46. The van der Waals surface area contributed by atoms with Crippen molar-refractivity contribution in [1.82, 2.24) is 9.97 Å². The molecule has 4 heteroatoms. The second-order valence-electron chi connectivity index (χ2n) is 6.22. The molecule has 0 aliphatic heterocycles. The van der Waals surface area contributed by atoms with Gasteiger partial charge in [-0.15, -0.1) is 11.3 Å². The Hall–Kier alpha value is -3.37. The Kier molecular flexibility index (Phi) is 3.77. The number of hydrogen-bond acceptors (Lipinski definition) is 4. The average molecular weight is 366 g/mol. The van der Waals surface area contributed by atoms with Crippen LogP contribution in [0, 0.1) is 0 Å². The molecule has 27 heavy (non-hydrogen) atoms. The summed E-state index contributed by atoms with van der Waals surface area (Å²) in [4.78, 5) is 20.3. The highest BCUT2D eigenvalue weighted by atomic mass is 32.1. The third-order valence-corrected chi connectivity index (χ3v) is 5.74. The Morgan fingerprint density at radius 3 is 2.22 bits per heavy atom. The van der Waals surface area contributed by atoms with Crippen LogP contribution in [0.15, 0.2) is 85.2 Å². The summed E-state index contributed by atoms with van der Waals surface area (Å²) in [6.45, 7) is 0. The van der Waals surface area contributed by atoms with E-state index in [9.17, 15) is 4.79 Å². The van der Waals surface area contributed by atoms with E-state index >= 15 is 0 Å². The molecule has 0 N–H and O–H groups in total. The van der Waals surface area contributed by atoms with Crippen LogP contribution in [0.4, 0.5) is 0 Å². The van der Waals surface area contributed by atoms with Gasteiger partial charge in [0.25, 0.3) is 0 Å². The number of carbonyl (C=O) groups is 1. The smallest absolute Gasteiger partial charge is 0.212 e. The molecule has 0 unspecified atom stereocenters. The summed E-state index contributed by atoms with van der Waals surface area (Å²) in [5.74, 6) is 0.0381. The van der Waals surface area contributed by atoms with Gasteiger partial charge in [0.2, 0.25) is 5.78 Å². The lowest BCUT2D eigenvalue weighted by Crippen LogP contribution is -1.96. The highest BCUT2D eigenvalue weighted by molar-refractivity contribution is 7.25. The van der Waals surface area contributed by atoms with Crippen LogP contribution in [0.5, 0.6) is 0 Å². The van der Waals surface area contributed by atoms with E-state index < -0.39 is 0 Å². The molecule has 0 amide bonds. The molecule has 3 nitrogen and oxygen atoms in total. The lowest BCUT2D eigenvalue weighted by atomic mass is 10.1. The highest BCUT2D eigenvalue weighted by Crippen LogP contribution is 2.34. The lowest BCUT2D eigenvalue weighted by Gasteiger charge is -1.95. The van der Waals surface area contributed by atoms with Gasteiger partial charge in [0.05, 0.1) is 10.2 Å². The van der Waals surface area contributed by atoms with Gasteiger partial charge in [0, 0.05) is 33.6 Å². The zero-order valence-electron chi connectivity index (χ0n) is 14.3. The third kappa shape index (κ3) is 2.62. The molecule has 5 aromatic rings. The molecule has 0 radical (unpaired) electrons. The Labute approximate surface area is 160 Å². The van der Waals surface area contributed by atoms with E-state index in [1.54, 1.807) is 17.5 Å². The summed E-state index contributed by atoms with van der Waals surface area (Å²) in [6.07, 6.45) is 3.50. The van der Waals surface area contributed by atoms with Gasteiger partial charge in [-0.3, -0.25) is 14.8 Å². The monoisotopic (exact) mass is 366 g/mol. The number of thiophene rings is 1. The number of fused-ring (bicyclic) bond motifs is 6. The number of carbonyl (C=O) groups excluding carboxylic acids is 1. The summed E-state index contributed by atoms with van der Waals surface area (Å²) >= 11 is 1.80. The van der Waals surface area contributed by atoms with Gasteiger partial charge in [-0.1, -0.05) is 48.5 Å². The fraction of sp³-hybridized carbons (Fsp3) is 0. The average Bonchev–Trinajstić information content (AvgIpc) is 3.25. The van der Waals surface area contributed by atoms with Gasteiger partial charge in [-0.25, -0.2) is 0 Å². The van der Waals surface area contributed by atoms with E-state index in [2.05, 4.69) is 40.3 Å². The normalized spacial score (nSPS) is 11.8. The molecule has 6 rings (SSSR count). The Morgan fingerprint density at radius 2 is 1.30 bits per heavy atom.